The van der Waals surface area contributed by atoms with Gasteiger partial charge in [-0.2, -0.15) is 0 Å². The van der Waals surface area contributed by atoms with Crippen LogP contribution < -0.4 is 0 Å². The van der Waals surface area contributed by atoms with E-state index >= 15 is 0 Å². The summed E-state index contributed by atoms with van der Waals surface area (Å²) in [5, 5.41) is 0. The molecule has 0 bridgehead atoms. The molecule has 3 nitrogen and oxygen atoms in total. The van der Waals surface area contributed by atoms with Gasteiger partial charge >= 0.3 is 0 Å². The van der Waals surface area contributed by atoms with Crippen molar-refractivity contribution in [1.29, 1.82) is 0 Å². The topological polar surface area (TPSA) is 15.6 Å². The van der Waals surface area contributed by atoms with Gasteiger partial charge in [0.15, 0.2) is 0 Å². The Morgan fingerprint density at radius 3 is 1.53 bits per heavy atom. The fraction of sp³-hybridized carbons (Fsp3) is 0.923. The minimum Gasteiger partial charge on any atom is -0.312 e. The molecular formula is C13H31ClN3+. The average Bonchev–Trinajstić information content (AvgIpc) is 2.33. The molecule has 0 aliphatic rings. The Bertz CT molecular complexity index is 200. The Kier molecular flexibility index (Phi) is 10.9. The Morgan fingerprint density at radius 1 is 0.882 bits per heavy atom. The number of quaternary nitrogens is 1. The molecule has 0 aromatic carbocycles. The van der Waals surface area contributed by atoms with Crippen LogP contribution in [0.2, 0.25) is 0 Å². The van der Waals surface area contributed by atoms with E-state index in [1.807, 2.05) is 0 Å². The maximum atomic E-state index is 4.77. The van der Waals surface area contributed by atoms with Crippen molar-refractivity contribution in [2.45, 2.75) is 41.5 Å². The van der Waals surface area contributed by atoms with Crippen LogP contribution in [0.15, 0.2) is 4.99 Å². The first-order valence-electron chi connectivity index (χ1n) is 6.81. The summed E-state index contributed by atoms with van der Waals surface area (Å²) in [5.41, 5.74) is 0. The third-order valence-corrected chi connectivity index (χ3v) is 3.59. The lowest BCUT2D eigenvalue weighted by atomic mass is 10.3. The summed E-state index contributed by atoms with van der Waals surface area (Å²) in [6, 6.07) is 0. The highest BCUT2D eigenvalue weighted by molar-refractivity contribution is 5.85. The molecule has 0 aromatic heterocycles. The smallest absolute Gasteiger partial charge is 0.300 e. The second-order valence-electron chi connectivity index (χ2n) is 4.04. The van der Waals surface area contributed by atoms with Crippen molar-refractivity contribution in [2.24, 2.45) is 4.99 Å². The van der Waals surface area contributed by atoms with Gasteiger partial charge in [-0.3, -0.25) is 4.48 Å². The number of guanidine groups is 1. The zero-order valence-electron chi connectivity index (χ0n) is 12.5. The molecule has 4 heteroatoms. The Hall–Kier alpha value is -0.280. The second-order valence-corrected chi connectivity index (χ2v) is 4.04. The molecule has 0 N–H and O–H groups in total. The lowest BCUT2D eigenvalue weighted by molar-refractivity contribution is -0.841. The van der Waals surface area contributed by atoms with E-state index in [4.69, 9.17) is 4.99 Å². The number of rotatable bonds is 6. The van der Waals surface area contributed by atoms with Crippen LogP contribution in [0, 0.1) is 0 Å². The fourth-order valence-corrected chi connectivity index (χ4v) is 2.29. The Morgan fingerprint density at radius 2 is 1.29 bits per heavy atom. The van der Waals surface area contributed by atoms with Crippen LogP contribution in [-0.4, -0.2) is 54.6 Å². The quantitative estimate of drug-likeness (QED) is 0.409. The van der Waals surface area contributed by atoms with Gasteiger partial charge < -0.3 is 4.90 Å². The highest BCUT2D eigenvalue weighted by Crippen LogP contribution is 2.12. The van der Waals surface area contributed by atoms with Gasteiger partial charge in [0.2, 0.25) is 0 Å². The molecule has 0 saturated heterocycles. The number of nitrogens with zero attached hydrogens (tertiary/aromatic N) is 3. The van der Waals surface area contributed by atoms with Crippen molar-refractivity contribution in [3.8, 4) is 0 Å². The zero-order chi connectivity index (χ0) is 12.6. The molecule has 0 radical (unpaired) electrons. The molecule has 104 valence electrons. The van der Waals surface area contributed by atoms with Crippen molar-refractivity contribution >= 4 is 18.4 Å². The lowest BCUT2D eigenvalue weighted by Gasteiger charge is -2.39. The second kappa shape index (κ2) is 9.72. The third kappa shape index (κ3) is 4.47. The van der Waals surface area contributed by atoms with Crippen LogP contribution >= 0.6 is 12.4 Å². The van der Waals surface area contributed by atoms with Gasteiger partial charge in [-0.1, -0.05) is 0 Å². The summed E-state index contributed by atoms with van der Waals surface area (Å²) in [6.07, 6.45) is 0. The SMILES string of the molecule is CCN=C(N(CC)CC)[N+](CC)(CC)CC.Cl. The van der Waals surface area contributed by atoms with E-state index in [0.717, 1.165) is 43.8 Å². The standard InChI is InChI=1S/C13H30N3.ClH/c1-7-14-13(15(8-2)9-3)16(10-4,11-5)12-6;/h7-12H2,1-6H3;1H/q+1;. The molecule has 0 saturated carbocycles. The van der Waals surface area contributed by atoms with E-state index < -0.39 is 0 Å². The van der Waals surface area contributed by atoms with Gasteiger partial charge in [0.05, 0.1) is 19.6 Å². The summed E-state index contributed by atoms with van der Waals surface area (Å²) >= 11 is 0. The highest BCUT2D eigenvalue weighted by atomic mass is 35.5. The fourth-order valence-electron chi connectivity index (χ4n) is 2.29. The maximum Gasteiger partial charge on any atom is 0.300 e. The van der Waals surface area contributed by atoms with Crippen LogP contribution in [0.1, 0.15) is 41.5 Å². The van der Waals surface area contributed by atoms with Crippen molar-refractivity contribution < 1.29 is 4.48 Å². The minimum absolute atomic E-state index is 0. The summed E-state index contributed by atoms with van der Waals surface area (Å²) in [6.45, 7) is 19.7. The summed E-state index contributed by atoms with van der Waals surface area (Å²) in [5.74, 6) is 1.28. The number of hydrogen-bond acceptors (Lipinski definition) is 1. The monoisotopic (exact) mass is 264 g/mol. The van der Waals surface area contributed by atoms with Crippen LogP contribution in [0.5, 0.6) is 0 Å². The molecule has 0 rings (SSSR count). The van der Waals surface area contributed by atoms with Crippen molar-refractivity contribution in [2.75, 3.05) is 39.3 Å². The van der Waals surface area contributed by atoms with E-state index in [9.17, 15) is 0 Å². The van der Waals surface area contributed by atoms with Crippen LogP contribution in [0.4, 0.5) is 0 Å². The lowest BCUT2D eigenvalue weighted by Crippen LogP contribution is -2.59. The zero-order valence-corrected chi connectivity index (χ0v) is 13.3. The van der Waals surface area contributed by atoms with E-state index in [-0.39, 0.29) is 12.4 Å². The van der Waals surface area contributed by atoms with E-state index in [2.05, 4.69) is 46.4 Å². The summed E-state index contributed by atoms with van der Waals surface area (Å²) in [4.78, 5) is 7.17. The van der Waals surface area contributed by atoms with E-state index in [0.29, 0.717) is 0 Å². The minimum atomic E-state index is 0. The molecule has 0 unspecified atom stereocenters. The van der Waals surface area contributed by atoms with Crippen molar-refractivity contribution in [1.82, 2.24) is 4.90 Å². The van der Waals surface area contributed by atoms with E-state index in [1.54, 1.807) is 0 Å². The maximum absolute atomic E-state index is 4.77. The largest absolute Gasteiger partial charge is 0.312 e. The number of aliphatic imine (C=N–C) groups is 1. The van der Waals surface area contributed by atoms with Gasteiger partial charge in [0.25, 0.3) is 5.96 Å². The summed E-state index contributed by atoms with van der Waals surface area (Å²) < 4.78 is 1.01. The van der Waals surface area contributed by atoms with Crippen LogP contribution in [0.3, 0.4) is 0 Å². The predicted octanol–water partition coefficient (Wildman–Crippen LogP) is 3.00. The molecule has 0 spiro atoms. The molecule has 0 aliphatic carbocycles. The van der Waals surface area contributed by atoms with Gasteiger partial charge in [-0.25, -0.2) is 4.99 Å². The number of halogens is 1. The molecule has 0 atom stereocenters. The molecule has 0 aliphatic heterocycles. The molecule has 0 fully saturated rings. The van der Waals surface area contributed by atoms with Gasteiger partial charge in [-0.05, 0) is 41.5 Å². The van der Waals surface area contributed by atoms with Crippen molar-refractivity contribution in [3.05, 3.63) is 0 Å². The Labute approximate surface area is 114 Å². The normalized spacial score (nSPS) is 12.2. The average molecular weight is 265 g/mol. The van der Waals surface area contributed by atoms with Crippen molar-refractivity contribution in [3.63, 3.8) is 0 Å². The van der Waals surface area contributed by atoms with Crippen LogP contribution in [0.25, 0.3) is 0 Å². The molecular weight excluding hydrogens is 234 g/mol. The highest BCUT2D eigenvalue weighted by Gasteiger charge is 2.32. The van der Waals surface area contributed by atoms with Gasteiger partial charge in [0.1, 0.15) is 0 Å². The molecule has 17 heavy (non-hydrogen) atoms. The van der Waals surface area contributed by atoms with Crippen LogP contribution in [-0.2, 0) is 0 Å². The first-order valence-corrected chi connectivity index (χ1v) is 6.81. The van der Waals surface area contributed by atoms with Gasteiger partial charge in [0, 0.05) is 19.6 Å². The molecule has 0 aromatic rings. The molecule has 0 heterocycles. The summed E-state index contributed by atoms with van der Waals surface area (Å²) in [7, 11) is 0. The van der Waals surface area contributed by atoms with Gasteiger partial charge in [-0.15, -0.1) is 12.4 Å². The first kappa shape index (κ1) is 19.1. The third-order valence-electron chi connectivity index (χ3n) is 3.59. The predicted molar refractivity (Wildman–Crippen MR) is 80.0 cm³/mol. The van der Waals surface area contributed by atoms with E-state index in [1.165, 1.54) is 5.96 Å². The molecule has 0 amide bonds. The first-order chi connectivity index (χ1) is 7.65. The number of hydrogen-bond donors (Lipinski definition) is 0. The Balaban J connectivity index is 0.